The van der Waals surface area contributed by atoms with Gasteiger partial charge in [-0.3, -0.25) is 19.3 Å². The normalized spacial score (nSPS) is 20.3. The molecule has 3 rings (SSSR count). The average molecular weight is 268 g/mol. The summed E-state index contributed by atoms with van der Waals surface area (Å²) < 4.78 is 0. The van der Waals surface area contributed by atoms with Gasteiger partial charge < -0.3 is 0 Å². The third kappa shape index (κ3) is 1.51. The van der Waals surface area contributed by atoms with Crippen molar-refractivity contribution in [3.63, 3.8) is 0 Å². The maximum Gasteiger partial charge on any atom is 0.262 e. The van der Waals surface area contributed by atoms with Crippen LogP contribution in [0.4, 0.5) is 0 Å². The maximum atomic E-state index is 12.3. The molecule has 1 fully saturated rings. The summed E-state index contributed by atoms with van der Waals surface area (Å²) in [6.07, 6.45) is 1.02. The van der Waals surface area contributed by atoms with Gasteiger partial charge in [0.15, 0.2) is 5.78 Å². The highest BCUT2D eigenvalue weighted by Gasteiger charge is 2.54. The third-order valence-electron chi connectivity index (χ3n) is 4.03. The highest BCUT2D eigenvalue weighted by molar-refractivity contribution is 6.23. The van der Waals surface area contributed by atoms with Gasteiger partial charge in [0.2, 0.25) is 0 Å². The quantitative estimate of drug-likeness (QED) is 0.779. The van der Waals surface area contributed by atoms with Crippen LogP contribution in [0.25, 0.3) is 0 Å². The van der Waals surface area contributed by atoms with Gasteiger partial charge in [0.05, 0.1) is 23.2 Å². The number of hydrogen-bond acceptors (Lipinski definition) is 4. The number of carbonyl (C=O) groups excluding carboxylic acids is 3. The van der Waals surface area contributed by atoms with Crippen molar-refractivity contribution in [3.05, 3.63) is 35.4 Å². The van der Waals surface area contributed by atoms with Crippen molar-refractivity contribution < 1.29 is 14.4 Å². The fourth-order valence-electron chi connectivity index (χ4n) is 2.62. The minimum Gasteiger partial charge on any atom is -0.296 e. The molecule has 0 spiro atoms. The van der Waals surface area contributed by atoms with E-state index in [0.717, 1.165) is 4.90 Å². The molecule has 5 nitrogen and oxygen atoms in total. The van der Waals surface area contributed by atoms with E-state index in [4.69, 9.17) is 5.26 Å². The van der Waals surface area contributed by atoms with Crippen molar-refractivity contribution in [2.75, 3.05) is 0 Å². The molecular weight excluding hydrogens is 256 g/mol. The first kappa shape index (κ1) is 12.5. The Labute approximate surface area is 115 Å². The van der Waals surface area contributed by atoms with E-state index in [1.807, 2.05) is 6.07 Å². The maximum absolute atomic E-state index is 12.3. The van der Waals surface area contributed by atoms with Crippen molar-refractivity contribution in [1.82, 2.24) is 4.90 Å². The van der Waals surface area contributed by atoms with Crippen molar-refractivity contribution in [1.29, 1.82) is 5.26 Å². The van der Waals surface area contributed by atoms with Crippen LogP contribution in [-0.4, -0.2) is 28.5 Å². The molecule has 1 unspecified atom stereocenters. The molecule has 1 saturated carbocycles. The van der Waals surface area contributed by atoms with E-state index in [2.05, 4.69) is 0 Å². The molecule has 2 aliphatic rings. The number of benzene rings is 1. The molecule has 1 aromatic rings. The van der Waals surface area contributed by atoms with E-state index in [1.54, 1.807) is 24.3 Å². The molecule has 5 heteroatoms. The zero-order valence-electron chi connectivity index (χ0n) is 10.9. The van der Waals surface area contributed by atoms with Crippen molar-refractivity contribution in [2.45, 2.75) is 25.8 Å². The largest absolute Gasteiger partial charge is 0.296 e. The number of rotatable bonds is 3. The van der Waals surface area contributed by atoms with Crippen LogP contribution in [0.5, 0.6) is 0 Å². The number of nitriles is 1. The Bertz CT molecular complexity index is 648. The molecule has 1 atom stereocenters. The Hall–Kier alpha value is -2.48. The number of hydrogen-bond donors (Lipinski definition) is 0. The summed E-state index contributed by atoms with van der Waals surface area (Å²) in [7, 11) is 0. The Balaban J connectivity index is 1.94. The lowest BCUT2D eigenvalue weighted by atomic mass is 9.96. The number of Topliss-reactive ketones (excluding diaryl/α,β-unsaturated/α-hetero) is 1. The molecule has 0 N–H and O–H groups in total. The summed E-state index contributed by atoms with van der Waals surface area (Å²) in [4.78, 5) is 37.8. The number of carbonyl (C=O) groups is 3. The molecule has 1 heterocycles. The molecular formula is C15H12N2O3. The molecule has 0 bridgehead atoms. The van der Waals surface area contributed by atoms with Crippen LogP contribution in [0.15, 0.2) is 24.3 Å². The Kier molecular flexibility index (Phi) is 2.51. The summed E-state index contributed by atoms with van der Waals surface area (Å²) in [6.45, 7) is 1.52. The van der Waals surface area contributed by atoms with Gasteiger partial charge in [-0.25, -0.2) is 0 Å². The van der Waals surface area contributed by atoms with Crippen molar-refractivity contribution in [3.8, 4) is 6.07 Å². The van der Waals surface area contributed by atoms with Crippen molar-refractivity contribution in [2.24, 2.45) is 5.41 Å². The predicted octanol–water partition coefficient (Wildman–Crippen LogP) is 1.54. The first-order valence-electron chi connectivity index (χ1n) is 6.44. The molecule has 0 aromatic heterocycles. The number of fused-ring (bicyclic) bond motifs is 1. The minimum atomic E-state index is -0.991. The van der Waals surface area contributed by atoms with Gasteiger partial charge >= 0.3 is 0 Å². The van der Waals surface area contributed by atoms with Gasteiger partial charge in [-0.05, 0) is 31.9 Å². The Morgan fingerprint density at radius 3 is 2.15 bits per heavy atom. The second-order valence-corrected chi connectivity index (χ2v) is 5.26. The van der Waals surface area contributed by atoms with Gasteiger partial charge in [-0.1, -0.05) is 12.1 Å². The fraction of sp³-hybridized carbons (Fsp3) is 0.333. The summed E-state index contributed by atoms with van der Waals surface area (Å²) in [5.41, 5.74) is -0.354. The van der Waals surface area contributed by atoms with Gasteiger partial charge in [0.25, 0.3) is 11.8 Å². The van der Waals surface area contributed by atoms with Crippen molar-refractivity contribution >= 4 is 17.6 Å². The minimum absolute atomic E-state index is 0.318. The highest BCUT2D eigenvalue weighted by atomic mass is 16.2. The monoisotopic (exact) mass is 268 g/mol. The Morgan fingerprint density at radius 1 is 1.25 bits per heavy atom. The number of nitrogens with zero attached hydrogens (tertiary/aromatic N) is 2. The lowest BCUT2D eigenvalue weighted by Crippen LogP contribution is -2.45. The van der Waals surface area contributed by atoms with Gasteiger partial charge in [-0.2, -0.15) is 5.26 Å². The zero-order chi connectivity index (χ0) is 14.5. The van der Waals surface area contributed by atoms with Crippen LogP contribution >= 0.6 is 0 Å². The van der Waals surface area contributed by atoms with Crippen LogP contribution in [0.1, 0.15) is 40.5 Å². The first-order chi connectivity index (χ1) is 9.52. The molecule has 20 heavy (non-hydrogen) atoms. The van der Waals surface area contributed by atoms with E-state index < -0.39 is 23.3 Å². The smallest absolute Gasteiger partial charge is 0.262 e. The second kappa shape index (κ2) is 4.01. The van der Waals surface area contributed by atoms with Gasteiger partial charge in [-0.15, -0.1) is 0 Å². The van der Waals surface area contributed by atoms with Crippen LogP contribution in [0.2, 0.25) is 0 Å². The van der Waals surface area contributed by atoms with E-state index >= 15 is 0 Å². The van der Waals surface area contributed by atoms with Gasteiger partial charge in [0, 0.05) is 0 Å². The summed E-state index contributed by atoms with van der Waals surface area (Å²) in [6, 6.07) is 7.61. The molecule has 1 aliphatic carbocycles. The lowest BCUT2D eigenvalue weighted by Gasteiger charge is -2.22. The standard InChI is InChI=1S/C15H12N2O3/c1-9(12(18)15(8-16)6-7-15)17-13(19)10-4-2-3-5-11(10)14(17)20/h2-5,9H,6-7H2,1H3. The van der Waals surface area contributed by atoms with Gasteiger partial charge in [0.1, 0.15) is 5.41 Å². The van der Waals surface area contributed by atoms with Crippen LogP contribution in [-0.2, 0) is 4.79 Å². The number of ketones is 1. The first-order valence-corrected chi connectivity index (χ1v) is 6.44. The highest BCUT2D eigenvalue weighted by Crippen LogP contribution is 2.47. The third-order valence-corrected chi connectivity index (χ3v) is 4.03. The predicted molar refractivity (Wildman–Crippen MR) is 68.7 cm³/mol. The number of imide groups is 1. The fourth-order valence-corrected chi connectivity index (χ4v) is 2.62. The molecule has 100 valence electrons. The van der Waals surface area contributed by atoms with Crippen LogP contribution in [0, 0.1) is 16.7 Å². The molecule has 2 amide bonds. The average Bonchev–Trinajstić information content (AvgIpc) is 3.22. The molecule has 0 radical (unpaired) electrons. The SMILES string of the molecule is CC(C(=O)C1(C#N)CC1)N1C(=O)c2ccccc2C1=O. The lowest BCUT2D eigenvalue weighted by molar-refractivity contribution is -0.125. The molecule has 1 aromatic carbocycles. The van der Waals surface area contributed by atoms with Crippen LogP contribution in [0.3, 0.4) is 0 Å². The van der Waals surface area contributed by atoms with E-state index in [1.165, 1.54) is 6.92 Å². The zero-order valence-corrected chi connectivity index (χ0v) is 10.9. The molecule has 0 saturated heterocycles. The summed E-state index contributed by atoms with van der Waals surface area (Å²) >= 11 is 0. The van der Waals surface area contributed by atoms with Crippen LogP contribution < -0.4 is 0 Å². The molecule has 1 aliphatic heterocycles. The van der Waals surface area contributed by atoms with E-state index in [9.17, 15) is 14.4 Å². The van der Waals surface area contributed by atoms with E-state index in [-0.39, 0.29) is 5.78 Å². The second-order valence-electron chi connectivity index (χ2n) is 5.26. The summed E-state index contributed by atoms with van der Waals surface area (Å²) in [5, 5.41) is 9.06. The summed E-state index contributed by atoms with van der Waals surface area (Å²) in [5.74, 6) is -1.25. The number of amides is 2. The van der Waals surface area contributed by atoms with E-state index in [0.29, 0.717) is 24.0 Å². The Morgan fingerprint density at radius 2 is 1.75 bits per heavy atom. The topological polar surface area (TPSA) is 78.2 Å².